The van der Waals surface area contributed by atoms with Crippen LogP contribution in [-0.4, -0.2) is 46.4 Å². The number of halogens is 1. The van der Waals surface area contributed by atoms with Crippen molar-refractivity contribution in [2.45, 2.75) is 69.7 Å². The predicted molar refractivity (Wildman–Crippen MR) is 104 cm³/mol. The molecule has 2 fully saturated rings. The Labute approximate surface area is 168 Å². The molecule has 6 nitrogen and oxygen atoms in total. The summed E-state index contributed by atoms with van der Waals surface area (Å²) in [6, 6.07) is 7.75. The molecule has 1 N–H and O–H groups in total. The summed E-state index contributed by atoms with van der Waals surface area (Å²) in [7, 11) is 0. The summed E-state index contributed by atoms with van der Waals surface area (Å²) in [6.07, 6.45) is 2.57. The molecule has 2 aliphatic rings. The number of nitrogens with zero attached hydrogens (tertiary/aromatic N) is 1. The molecule has 0 spiro atoms. The molecule has 148 valence electrons. The van der Waals surface area contributed by atoms with E-state index in [1.165, 1.54) is 0 Å². The normalized spacial score (nSPS) is 27.5. The number of fused-ring (bicyclic) bond motifs is 2. The molecular formula is C20H26BrNO5. The number of amides is 1. The summed E-state index contributed by atoms with van der Waals surface area (Å²) in [6.45, 7) is 5.22. The van der Waals surface area contributed by atoms with Crippen molar-refractivity contribution in [3.63, 3.8) is 0 Å². The second kappa shape index (κ2) is 7.43. The third-order valence-corrected chi connectivity index (χ3v) is 5.67. The van der Waals surface area contributed by atoms with Crippen molar-refractivity contribution in [1.29, 1.82) is 0 Å². The van der Waals surface area contributed by atoms with Crippen molar-refractivity contribution in [1.82, 2.24) is 4.90 Å². The number of carboxylic acids is 1. The van der Waals surface area contributed by atoms with Crippen LogP contribution < -0.4 is 0 Å². The van der Waals surface area contributed by atoms with Gasteiger partial charge in [-0.3, -0.25) is 0 Å². The fourth-order valence-corrected chi connectivity index (χ4v) is 4.63. The summed E-state index contributed by atoms with van der Waals surface area (Å²) in [5.41, 5.74) is -0.319. The summed E-state index contributed by atoms with van der Waals surface area (Å²) >= 11 is 3.49. The van der Waals surface area contributed by atoms with Gasteiger partial charge in [-0.25, -0.2) is 9.59 Å². The highest BCUT2D eigenvalue weighted by Gasteiger charge is 2.52. The number of piperidine rings is 1. The monoisotopic (exact) mass is 439 g/mol. The van der Waals surface area contributed by atoms with Gasteiger partial charge in [-0.05, 0) is 51.3 Å². The molecule has 2 atom stereocenters. The van der Waals surface area contributed by atoms with E-state index in [0.29, 0.717) is 12.8 Å². The maximum atomic E-state index is 12.7. The Hall–Kier alpha value is -1.60. The van der Waals surface area contributed by atoms with E-state index < -0.39 is 17.2 Å². The Morgan fingerprint density at radius 3 is 2.41 bits per heavy atom. The van der Waals surface area contributed by atoms with E-state index in [1.54, 1.807) is 0 Å². The van der Waals surface area contributed by atoms with Gasteiger partial charge in [0.2, 0.25) is 0 Å². The van der Waals surface area contributed by atoms with E-state index in [-0.39, 0.29) is 24.8 Å². The number of carbonyl (C=O) groups is 2. The molecule has 27 heavy (non-hydrogen) atoms. The lowest BCUT2D eigenvalue weighted by molar-refractivity contribution is -0.158. The lowest BCUT2D eigenvalue weighted by Gasteiger charge is -2.46. The summed E-state index contributed by atoms with van der Waals surface area (Å²) in [5.74, 6) is -0.994. The van der Waals surface area contributed by atoms with Crippen LogP contribution in [0.15, 0.2) is 28.7 Å². The van der Waals surface area contributed by atoms with Gasteiger partial charge in [0, 0.05) is 29.4 Å². The van der Waals surface area contributed by atoms with E-state index in [9.17, 15) is 9.59 Å². The zero-order valence-electron chi connectivity index (χ0n) is 15.9. The minimum absolute atomic E-state index is 0.0219. The Morgan fingerprint density at radius 2 is 1.89 bits per heavy atom. The summed E-state index contributed by atoms with van der Waals surface area (Å²) in [5, 5.41) is 9.16. The van der Waals surface area contributed by atoms with E-state index in [1.807, 2.05) is 49.9 Å². The second-order valence-corrected chi connectivity index (χ2v) is 9.28. The van der Waals surface area contributed by atoms with Crippen LogP contribution in [-0.2, 0) is 19.9 Å². The molecule has 2 saturated heterocycles. The van der Waals surface area contributed by atoms with Crippen LogP contribution in [0.5, 0.6) is 0 Å². The number of aliphatic carboxylic acids is 1. The topological polar surface area (TPSA) is 76.1 Å². The van der Waals surface area contributed by atoms with Crippen LogP contribution in [0.1, 0.15) is 52.0 Å². The number of rotatable bonds is 4. The average molecular weight is 440 g/mol. The van der Waals surface area contributed by atoms with Gasteiger partial charge in [0.05, 0.1) is 5.60 Å². The standard InChI is InChI=1S/C20H26BrNO5/c1-19(2,3)27-18(25)22-15-7-8-16(22)11-20(10-15,26-12-17(23)24)13-5-4-6-14(21)9-13/h4-6,9,15-16H,7-8,10-12H2,1-3H3,(H,23,24). The number of ether oxygens (including phenoxy) is 2. The number of hydrogen-bond acceptors (Lipinski definition) is 4. The maximum Gasteiger partial charge on any atom is 0.410 e. The number of carboxylic acid groups (broad SMARTS) is 1. The van der Waals surface area contributed by atoms with Crippen molar-refractivity contribution >= 4 is 28.0 Å². The van der Waals surface area contributed by atoms with Crippen LogP contribution in [0.4, 0.5) is 4.79 Å². The van der Waals surface area contributed by atoms with Gasteiger partial charge in [-0.15, -0.1) is 0 Å². The molecule has 2 aliphatic heterocycles. The second-order valence-electron chi connectivity index (χ2n) is 8.37. The van der Waals surface area contributed by atoms with Crippen LogP contribution in [0.25, 0.3) is 0 Å². The zero-order valence-corrected chi connectivity index (χ0v) is 17.5. The molecule has 1 aromatic rings. The predicted octanol–water partition coefficient (Wildman–Crippen LogP) is 4.31. The molecule has 0 aliphatic carbocycles. The molecule has 1 aromatic carbocycles. The molecule has 2 bridgehead atoms. The van der Waals surface area contributed by atoms with Gasteiger partial charge in [0.1, 0.15) is 12.2 Å². The van der Waals surface area contributed by atoms with Gasteiger partial charge < -0.3 is 19.5 Å². The first kappa shape index (κ1) is 20.1. The molecule has 0 saturated carbocycles. The first-order valence-electron chi connectivity index (χ1n) is 9.23. The fourth-order valence-electron chi connectivity index (χ4n) is 4.23. The smallest absolute Gasteiger partial charge is 0.410 e. The summed E-state index contributed by atoms with van der Waals surface area (Å²) < 4.78 is 12.5. The van der Waals surface area contributed by atoms with Crippen LogP contribution in [0, 0.1) is 0 Å². The Morgan fingerprint density at radius 1 is 1.26 bits per heavy atom. The summed E-state index contributed by atoms with van der Waals surface area (Å²) in [4.78, 5) is 25.7. The van der Waals surface area contributed by atoms with E-state index in [0.717, 1.165) is 22.9 Å². The first-order chi connectivity index (χ1) is 12.6. The lowest BCUT2D eigenvalue weighted by atomic mass is 9.80. The first-order valence-corrected chi connectivity index (χ1v) is 10.0. The fraction of sp³-hybridized carbons (Fsp3) is 0.600. The maximum absolute atomic E-state index is 12.7. The SMILES string of the molecule is CC(C)(C)OC(=O)N1C2CCC1CC(OCC(=O)O)(c1cccc(Br)c1)C2. The van der Waals surface area contributed by atoms with E-state index in [4.69, 9.17) is 14.6 Å². The molecule has 0 aromatic heterocycles. The van der Waals surface area contributed by atoms with Gasteiger partial charge in [-0.1, -0.05) is 28.1 Å². The van der Waals surface area contributed by atoms with Crippen LogP contribution in [0.3, 0.4) is 0 Å². The molecule has 3 rings (SSSR count). The highest BCUT2D eigenvalue weighted by atomic mass is 79.9. The highest BCUT2D eigenvalue weighted by Crippen LogP contribution is 2.48. The number of hydrogen-bond donors (Lipinski definition) is 1. The number of benzene rings is 1. The van der Waals surface area contributed by atoms with Crippen molar-refractivity contribution in [3.8, 4) is 0 Å². The quantitative estimate of drug-likeness (QED) is 0.756. The van der Waals surface area contributed by atoms with E-state index in [2.05, 4.69) is 15.9 Å². The third kappa shape index (κ3) is 4.46. The van der Waals surface area contributed by atoms with Crippen molar-refractivity contribution in [2.24, 2.45) is 0 Å². The molecule has 7 heteroatoms. The average Bonchev–Trinajstić information content (AvgIpc) is 2.83. The van der Waals surface area contributed by atoms with Gasteiger partial charge in [0.15, 0.2) is 0 Å². The van der Waals surface area contributed by atoms with Crippen molar-refractivity contribution in [3.05, 3.63) is 34.3 Å². The van der Waals surface area contributed by atoms with Crippen molar-refractivity contribution < 1.29 is 24.2 Å². The molecule has 2 unspecified atom stereocenters. The Bertz CT molecular complexity index is 715. The van der Waals surface area contributed by atoms with Gasteiger partial charge in [-0.2, -0.15) is 0 Å². The Kier molecular flexibility index (Phi) is 5.54. The molecule has 1 amide bonds. The minimum Gasteiger partial charge on any atom is -0.480 e. The number of carbonyl (C=O) groups excluding carboxylic acids is 1. The lowest BCUT2D eigenvalue weighted by Crippen LogP contribution is -2.54. The minimum atomic E-state index is -0.994. The van der Waals surface area contributed by atoms with Crippen LogP contribution in [0.2, 0.25) is 0 Å². The van der Waals surface area contributed by atoms with Gasteiger partial charge in [0.25, 0.3) is 0 Å². The van der Waals surface area contributed by atoms with Gasteiger partial charge >= 0.3 is 12.1 Å². The van der Waals surface area contributed by atoms with Crippen molar-refractivity contribution in [2.75, 3.05) is 6.61 Å². The third-order valence-electron chi connectivity index (χ3n) is 5.18. The largest absolute Gasteiger partial charge is 0.480 e. The molecule has 2 heterocycles. The molecule has 0 radical (unpaired) electrons. The Balaban J connectivity index is 1.88. The zero-order chi connectivity index (χ0) is 19.8. The van der Waals surface area contributed by atoms with E-state index >= 15 is 0 Å². The highest BCUT2D eigenvalue weighted by molar-refractivity contribution is 9.10. The molecular weight excluding hydrogens is 414 g/mol. The van der Waals surface area contributed by atoms with Crippen LogP contribution >= 0.6 is 15.9 Å².